The minimum atomic E-state index is 0.837. The molecule has 1 radical (unpaired) electrons. The van der Waals surface area contributed by atoms with Crippen LogP contribution in [0.2, 0.25) is 0 Å². The summed E-state index contributed by atoms with van der Waals surface area (Å²) in [5.41, 5.74) is 2.35. The zero-order valence-corrected chi connectivity index (χ0v) is 12.0. The van der Waals surface area contributed by atoms with E-state index in [9.17, 15) is 0 Å². The lowest BCUT2D eigenvalue weighted by Gasteiger charge is -2.13. The minimum absolute atomic E-state index is 0.837. The predicted octanol–water partition coefficient (Wildman–Crippen LogP) is 5.00. The SMILES string of the molecule is COC1=CC[CH]C(c2ccc(Oc3ccccc3)cc2)=C1. The maximum absolute atomic E-state index is 5.80. The second kappa shape index (κ2) is 6.31. The molecule has 0 heterocycles. The van der Waals surface area contributed by atoms with Gasteiger partial charge in [0, 0.05) is 0 Å². The molecule has 2 aromatic carbocycles. The molecule has 1 aliphatic rings. The molecule has 0 aromatic heterocycles. The molecule has 2 aromatic rings. The van der Waals surface area contributed by atoms with Crippen molar-refractivity contribution in [1.82, 2.24) is 0 Å². The Kier molecular flexibility index (Phi) is 4.06. The summed E-state index contributed by atoms with van der Waals surface area (Å²) in [5, 5.41) is 0. The molecule has 3 rings (SSSR count). The van der Waals surface area contributed by atoms with Crippen molar-refractivity contribution in [3.8, 4) is 11.5 Å². The monoisotopic (exact) mass is 277 g/mol. The number of ether oxygens (including phenoxy) is 2. The summed E-state index contributed by atoms with van der Waals surface area (Å²) in [6.45, 7) is 0. The molecule has 21 heavy (non-hydrogen) atoms. The second-order valence-corrected chi connectivity index (χ2v) is 4.79. The second-order valence-electron chi connectivity index (χ2n) is 4.79. The smallest absolute Gasteiger partial charge is 0.127 e. The van der Waals surface area contributed by atoms with E-state index in [1.165, 1.54) is 5.57 Å². The first kappa shape index (κ1) is 13.5. The molecule has 0 bridgehead atoms. The Balaban J connectivity index is 1.75. The van der Waals surface area contributed by atoms with E-state index in [2.05, 4.69) is 30.7 Å². The first-order valence-corrected chi connectivity index (χ1v) is 6.97. The molecule has 0 fully saturated rings. The lowest BCUT2D eigenvalue weighted by atomic mass is 9.97. The van der Waals surface area contributed by atoms with Gasteiger partial charge in [-0.1, -0.05) is 30.3 Å². The summed E-state index contributed by atoms with van der Waals surface area (Å²) in [4.78, 5) is 0. The number of rotatable bonds is 4. The van der Waals surface area contributed by atoms with Gasteiger partial charge in [0.1, 0.15) is 17.3 Å². The van der Waals surface area contributed by atoms with Crippen molar-refractivity contribution >= 4 is 5.57 Å². The molecule has 2 heteroatoms. The summed E-state index contributed by atoms with van der Waals surface area (Å²) >= 11 is 0. The Morgan fingerprint density at radius 3 is 2.29 bits per heavy atom. The highest BCUT2D eigenvalue weighted by Crippen LogP contribution is 2.28. The van der Waals surface area contributed by atoms with Gasteiger partial charge in [0.05, 0.1) is 7.11 Å². The van der Waals surface area contributed by atoms with Gasteiger partial charge in [0.25, 0.3) is 0 Å². The highest BCUT2D eigenvalue weighted by Gasteiger charge is 2.08. The van der Waals surface area contributed by atoms with Gasteiger partial charge in [0.15, 0.2) is 0 Å². The standard InChI is InChI=1S/C19H17O2/c1-20-19-9-5-6-16(14-19)15-10-12-18(13-11-15)21-17-7-3-2-4-8-17/h2-4,6-14H,5H2,1H3. The van der Waals surface area contributed by atoms with Crippen molar-refractivity contribution in [1.29, 1.82) is 0 Å². The first-order valence-electron chi connectivity index (χ1n) is 6.97. The van der Waals surface area contributed by atoms with E-state index in [1.54, 1.807) is 7.11 Å². The van der Waals surface area contributed by atoms with Crippen LogP contribution in [-0.4, -0.2) is 7.11 Å². The molecule has 105 valence electrons. The zero-order valence-electron chi connectivity index (χ0n) is 12.0. The first-order chi connectivity index (χ1) is 10.3. The highest BCUT2D eigenvalue weighted by molar-refractivity contribution is 5.75. The van der Waals surface area contributed by atoms with Crippen LogP contribution < -0.4 is 4.74 Å². The topological polar surface area (TPSA) is 18.5 Å². The Hall–Kier alpha value is -2.48. The molecule has 0 saturated heterocycles. The van der Waals surface area contributed by atoms with Gasteiger partial charge < -0.3 is 9.47 Å². The Morgan fingerprint density at radius 1 is 0.857 bits per heavy atom. The third-order valence-corrected chi connectivity index (χ3v) is 3.36. The van der Waals surface area contributed by atoms with Crippen molar-refractivity contribution in [2.75, 3.05) is 7.11 Å². The molecule has 0 N–H and O–H groups in total. The maximum atomic E-state index is 5.80. The van der Waals surface area contributed by atoms with Crippen molar-refractivity contribution < 1.29 is 9.47 Å². The average Bonchev–Trinajstić information content (AvgIpc) is 2.56. The molecule has 1 aliphatic carbocycles. The van der Waals surface area contributed by atoms with Crippen molar-refractivity contribution in [3.05, 3.63) is 84.5 Å². The fourth-order valence-corrected chi connectivity index (χ4v) is 2.26. The molecular formula is C19H17O2. The number of hydrogen-bond donors (Lipinski definition) is 0. The summed E-state index contributed by atoms with van der Waals surface area (Å²) in [6.07, 6.45) is 7.21. The van der Waals surface area contributed by atoms with E-state index in [0.717, 1.165) is 29.2 Å². The predicted molar refractivity (Wildman–Crippen MR) is 84.9 cm³/mol. The lowest BCUT2D eigenvalue weighted by Crippen LogP contribution is -1.95. The van der Waals surface area contributed by atoms with Crippen LogP contribution in [-0.2, 0) is 4.74 Å². The maximum Gasteiger partial charge on any atom is 0.127 e. The normalized spacial score (nSPS) is 14.1. The van der Waals surface area contributed by atoms with E-state index >= 15 is 0 Å². The van der Waals surface area contributed by atoms with Crippen LogP contribution in [0.1, 0.15) is 12.0 Å². The largest absolute Gasteiger partial charge is 0.497 e. The highest BCUT2D eigenvalue weighted by atomic mass is 16.5. The van der Waals surface area contributed by atoms with Gasteiger partial charge in [-0.2, -0.15) is 0 Å². The van der Waals surface area contributed by atoms with Gasteiger partial charge in [-0.15, -0.1) is 0 Å². The van der Waals surface area contributed by atoms with E-state index in [4.69, 9.17) is 9.47 Å². The van der Waals surface area contributed by atoms with E-state index < -0.39 is 0 Å². The Labute approximate surface area is 125 Å². The van der Waals surface area contributed by atoms with Crippen molar-refractivity contribution in [2.24, 2.45) is 0 Å². The average molecular weight is 277 g/mol. The number of benzene rings is 2. The van der Waals surface area contributed by atoms with Gasteiger partial charge >= 0.3 is 0 Å². The fraction of sp³-hybridized carbons (Fsp3) is 0.105. The molecule has 0 saturated carbocycles. The number of methoxy groups -OCH3 is 1. The summed E-state index contributed by atoms with van der Waals surface area (Å²) in [5.74, 6) is 2.60. The van der Waals surface area contributed by atoms with Crippen LogP contribution >= 0.6 is 0 Å². The van der Waals surface area contributed by atoms with Gasteiger partial charge in [0.2, 0.25) is 0 Å². The third-order valence-electron chi connectivity index (χ3n) is 3.36. The quantitative estimate of drug-likeness (QED) is 0.783. The minimum Gasteiger partial charge on any atom is -0.497 e. The molecule has 0 aliphatic heterocycles. The number of hydrogen-bond acceptors (Lipinski definition) is 2. The molecule has 0 spiro atoms. The summed E-state index contributed by atoms with van der Waals surface area (Å²) in [7, 11) is 1.70. The van der Waals surface area contributed by atoms with Gasteiger partial charge in [-0.3, -0.25) is 0 Å². The third kappa shape index (κ3) is 3.34. The number of para-hydroxylation sites is 1. The fourth-order valence-electron chi connectivity index (χ4n) is 2.26. The van der Waals surface area contributed by atoms with Crippen LogP contribution in [0, 0.1) is 6.42 Å². The molecule has 0 amide bonds. The van der Waals surface area contributed by atoms with E-state index in [0.29, 0.717) is 0 Å². The van der Waals surface area contributed by atoms with Crippen LogP contribution in [0.25, 0.3) is 5.57 Å². The van der Waals surface area contributed by atoms with Gasteiger partial charge in [-0.25, -0.2) is 0 Å². The zero-order chi connectivity index (χ0) is 14.5. The van der Waals surface area contributed by atoms with Crippen LogP contribution in [0.15, 0.2) is 72.5 Å². The van der Waals surface area contributed by atoms with E-state index in [1.807, 2.05) is 42.5 Å². The van der Waals surface area contributed by atoms with Crippen LogP contribution in [0.4, 0.5) is 0 Å². The summed E-state index contributed by atoms with van der Waals surface area (Å²) in [6, 6.07) is 17.9. The molecule has 0 atom stereocenters. The van der Waals surface area contributed by atoms with E-state index in [-0.39, 0.29) is 0 Å². The van der Waals surface area contributed by atoms with Crippen LogP contribution in [0.5, 0.6) is 11.5 Å². The van der Waals surface area contributed by atoms with Crippen molar-refractivity contribution in [3.63, 3.8) is 0 Å². The Bertz CT molecular complexity index is 652. The summed E-state index contributed by atoms with van der Waals surface area (Å²) < 4.78 is 11.1. The van der Waals surface area contributed by atoms with Crippen LogP contribution in [0.3, 0.4) is 0 Å². The number of allylic oxidation sites excluding steroid dienone is 3. The molecular weight excluding hydrogens is 260 g/mol. The van der Waals surface area contributed by atoms with Crippen molar-refractivity contribution in [2.45, 2.75) is 6.42 Å². The molecule has 0 unspecified atom stereocenters. The Morgan fingerprint density at radius 2 is 1.57 bits per heavy atom. The lowest BCUT2D eigenvalue weighted by molar-refractivity contribution is 0.305. The van der Waals surface area contributed by atoms with Gasteiger partial charge in [-0.05, 0) is 60.4 Å². The molecule has 2 nitrogen and oxygen atoms in total.